The van der Waals surface area contributed by atoms with Gasteiger partial charge in [-0.2, -0.15) is 4.98 Å². The predicted octanol–water partition coefficient (Wildman–Crippen LogP) is 4.16. The van der Waals surface area contributed by atoms with Crippen LogP contribution in [0.15, 0.2) is 59.1 Å². The van der Waals surface area contributed by atoms with Crippen LogP contribution in [-0.2, 0) is 16.1 Å². The molecule has 0 aliphatic heterocycles. The van der Waals surface area contributed by atoms with Gasteiger partial charge >= 0.3 is 5.97 Å². The first-order valence-corrected chi connectivity index (χ1v) is 8.09. The number of methoxy groups -OCH3 is 1. The van der Waals surface area contributed by atoms with E-state index in [0.717, 1.165) is 16.9 Å². The molecule has 0 fully saturated rings. The molecule has 3 aromatic rings. The van der Waals surface area contributed by atoms with Crippen LogP contribution in [0.4, 0.5) is 0 Å². The first kappa shape index (κ1) is 17.7. The van der Waals surface area contributed by atoms with Crippen molar-refractivity contribution >= 4 is 23.6 Å². The van der Waals surface area contributed by atoms with E-state index in [1.54, 1.807) is 37.5 Å². The largest absolute Gasteiger partial charge is 0.497 e. The maximum Gasteiger partial charge on any atom is 0.331 e. The van der Waals surface area contributed by atoms with Crippen LogP contribution in [0.3, 0.4) is 0 Å². The fraction of sp³-hybridized carbons (Fsp3) is 0.105. The lowest BCUT2D eigenvalue weighted by molar-refractivity contribution is -0.139. The van der Waals surface area contributed by atoms with E-state index in [0.29, 0.717) is 10.8 Å². The highest BCUT2D eigenvalue weighted by atomic mass is 35.5. The van der Waals surface area contributed by atoms with E-state index >= 15 is 0 Å². The number of carbonyl (C=O) groups is 1. The fourth-order valence-corrected chi connectivity index (χ4v) is 2.22. The zero-order chi connectivity index (χ0) is 18.4. The highest BCUT2D eigenvalue weighted by Gasteiger charge is 2.10. The van der Waals surface area contributed by atoms with Crippen molar-refractivity contribution in [1.82, 2.24) is 10.1 Å². The zero-order valence-corrected chi connectivity index (χ0v) is 14.6. The normalized spacial score (nSPS) is 10.8. The summed E-state index contributed by atoms with van der Waals surface area (Å²) in [6.07, 6.45) is 2.98. The summed E-state index contributed by atoms with van der Waals surface area (Å²) in [7, 11) is 1.60. The molecular formula is C19H15ClN2O4. The van der Waals surface area contributed by atoms with Crippen LogP contribution in [0, 0.1) is 0 Å². The van der Waals surface area contributed by atoms with E-state index in [2.05, 4.69) is 10.1 Å². The lowest BCUT2D eigenvalue weighted by Crippen LogP contribution is -2.00. The van der Waals surface area contributed by atoms with Crippen LogP contribution in [0.2, 0.25) is 5.02 Å². The van der Waals surface area contributed by atoms with Crippen molar-refractivity contribution in [2.45, 2.75) is 6.61 Å². The molecule has 6 nitrogen and oxygen atoms in total. The van der Waals surface area contributed by atoms with Crippen LogP contribution < -0.4 is 4.74 Å². The molecule has 0 unspecified atom stereocenters. The average Bonchev–Trinajstić information content (AvgIpc) is 3.14. The van der Waals surface area contributed by atoms with Crippen molar-refractivity contribution in [3.05, 3.63) is 71.1 Å². The van der Waals surface area contributed by atoms with Crippen LogP contribution >= 0.6 is 11.6 Å². The second kappa shape index (κ2) is 8.31. The van der Waals surface area contributed by atoms with E-state index < -0.39 is 5.97 Å². The van der Waals surface area contributed by atoms with E-state index in [1.165, 1.54) is 6.08 Å². The zero-order valence-electron chi connectivity index (χ0n) is 13.9. The minimum absolute atomic E-state index is 0.105. The molecular weight excluding hydrogens is 356 g/mol. The number of nitrogens with zero attached hydrogens (tertiary/aromatic N) is 2. The van der Waals surface area contributed by atoms with E-state index in [1.807, 2.05) is 24.3 Å². The van der Waals surface area contributed by atoms with Gasteiger partial charge in [-0.1, -0.05) is 28.9 Å². The molecule has 26 heavy (non-hydrogen) atoms. The Bertz CT molecular complexity index is 902. The van der Waals surface area contributed by atoms with Gasteiger partial charge < -0.3 is 14.0 Å². The van der Waals surface area contributed by atoms with Gasteiger partial charge in [0.15, 0.2) is 6.61 Å². The molecule has 0 aliphatic carbocycles. The fourth-order valence-electron chi connectivity index (χ4n) is 2.09. The van der Waals surface area contributed by atoms with E-state index in [9.17, 15) is 4.79 Å². The second-order valence-electron chi connectivity index (χ2n) is 5.23. The lowest BCUT2D eigenvalue weighted by Gasteiger charge is -1.99. The molecule has 132 valence electrons. The molecule has 0 amide bonds. The van der Waals surface area contributed by atoms with Crippen molar-refractivity contribution in [3.63, 3.8) is 0 Å². The SMILES string of the molecule is COc1ccc(/C=C/C(=O)OCc2nc(-c3ccc(Cl)cc3)no2)cc1. The Morgan fingerprint density at radius 3 is 2.58 bits per heavy atom. The van der Waals surface area contributed by atoms with Crippen molar-refractivity contribution in [3.8, 4) is 17.1 Å². The number of aromatic nitrogens is 2. The van der Waals surface area contributed by atoms with Gasteiger partial charge in [-0.25, -0.2) is 4.79 Å². The topological polar surface area (TPSA) is 74.5 Å². The molecule has 3 rings (SSSR count). The molecule has 0 aliphatic rings. The summed E-state index contributed by atoms with van der Waals surface area (Å²) in [6.45, 7) is -0.105. The first-order valence-electron chi connectivity index (χ1n) is 7.71. The summed E-state index contributed by atoms with van der Waals surface area (Å²) in [5.74, 6) is 0.854. The third-order valence-corrected chi connectivity index (χ3v) is 3.69. The summed E-state index contributed by atoms with van der Waals surface area (Å²) < 4.78 is 15.3. The Hall–Kier alpha value is -3.12. The molecule has 1 heterocycles. The molecule has 0 bridgehead atoms. The maximum absolute atomic E-state index is 11.8. The summed E-state index contributed by atoms with van der Waals surface area (Å²) in [4.78, 5) is 16.0. The van der Waals surface area contributed by atoms with Gasteiger partial charge in [-0.3, -0.25) is 0 Å². The first-order chi connectivity index (χ1) is 12.6. The molecule has 1 aromatic heterocycles. The Morgan fingerprint density at radius 1 is 1.15 bits per heavy atom. The maximum atomic E-state index is 11.8. The molecule has 0 N–H and O–H groups in total. The standard InChI is InChI=1S/C19H15ClN2O4/c1-24-16-9-2-13(3-10-16)4-11-18(23)25-12-17-21-19(22-26-17)14-5-7-15(20)8-6-14/h2-11H,12H2,1H3/b11-4+. The van der Waals surface area contributed by atoms with Gasteiger partial charge in [0.25, 0.3) is 5.89 Å². The molecule has 0 saturated carbocycles. The monoisotopic (exact) mass is 370 g/mol. The Labute approximate surface area is 155 Å². The highest BCUT2D eigenvalue weighted by molar-refractivity contribution is 6.30. The average molecular weight is 371 g/mol. The third kappa shape index (κ3) is 4.70. The van der Waals surface area contributed by atoms with Gasteiger partial charge in [0.05, 0.1) is 7.11 Å². The van der Waals surface area contributed by atoms with Crippen LogP contribution in [-0.4, -0.2) is 23.2 Å². The van der Waals surface area contributed by atoms with E-state index in [-0.39, 0.29) is 12.5 Å². The molecule has 0 radical (unpaired) electrons. The number of benzene rings is 2. The molecule has 7 heteroatoms. The number of hydrogen-bond acceptors (Lipinski definition) is 6. The molecule has 0 atom stereocenters. The quantitative estimate of drug-likeness (QED) is 0.479. The number of esters is 1. The van der Waals surface area contributed by atoms with Crippen molar-refractivity contribution in [2.75, 3.05) is 7.11 Å². The van der Waals surface area contributed by atoms with Crippen LogP contribution in [0.1, 0.15) is 11.5 Å². The Morgan fingerprint density at radius 2 is 1.88 bits per heavy atom. The van der Waals surface area contributed by atoms with Gasteiger partial charge in [0, 0.05) is 16.7 Å². The molecule has 0 saturated heterocycles. The number of carbonyl (C=O) groups excluding carboxylic acids is 1. The third-order valence-electron chi connectivity index (χ3n) is 3.44. The number of ether oxygens (including phenoxy) is 2. The number of halogens is 1. The van der Waals surface area contributed by atoms with Crippen molar-refractivity contribution in [1.29, 1.82) is 0 Å². The number of hydrogen-bond donors (Lipinski definition) is 0. The molecule has 0 spiro atoms. The van der Waals surface area contributed by atoms with Crippen molar-refractivity contribution in [2.24, 2.45) is 0 Å². The summed E-state index contributed by atoms with van der Waals surface area (Å²) >= 11 is 5.84. The summed E-state index contributed by atoms with van der Waals surface area (Å²) in [5.41, 5.74) is 1.61. The summed E-state index contributed by atoms with van der Waals surface area (Å²) in [6, 6.07) is 14.3. The van der Waals surface area contributed by atoms with Gasteiger partial charge in [-0.05, 0) is 48.0 Å². The van der Waals surface area contributed by atoms with Gasteiger partial charge in [0.1, 0.15) is 5.75 Å². The van der Waals surface area contributed by atoms with Crippen LogP contribution in [0.25, 0.3) is 17.5 Å². The van der Waals surface area contributed by atoms with Crippen LogP contribution in [0.5, 0.6) is 5.75 Å². The second-order valence-corrected chi connectivity index (χ2v) is 5.67. The van der Waals surface area contributed by atoms with Gasteiger partial charge in [-0.15, -0.1) is 0 Å². The lowest BCUT2D eigenvalue weighted by atomic mass is 10.2. The van der Waals surface area contributed by atoms with E-state index in [4.69, 9.17) is 25.6 Å². The molecule has 2 aromatic carbocycles. The minimum atomic E-state index is -0.507. The minimum Gasteiger partial charge on any atom is -0.497 e. The Balaban J connectivity index is 1.54. The Kier molecular flexibility index (Phi) is 5.66. The van der Waals surface area contributed by atoms with Gasteiger partial charge in [0.2, 0.25) is 5.82 Å². The highest BCUT2D eigenvalue weighted by Crippen LogP contribution is 2.19. The predicted molar refractivity (Wildman–Crippen MR) is 96.6 cm³/mol. The van der Waals surface area contributed by atoms with Crippen molar-refractivity contribution < 1.29 is 18.8 Å². The summed E-state index contributed by atoms with van der Waals surface area (Å²) in [5, 5.41) is 4.47. The number of rotatable bonds is 6. The smallest absolute Gasteiger partial charge is 0.331 e.